The lowest BCUT2D eigenvalue weighted by Gasteiger charge is -2.08. The second-order valence-corrected chi connectivity index (χ2v) is 9.01. The first-order valence-electron chi connectivity index (χ1n) is 8.22. The van der Waals surface area contributed by atoms with Crippen LogP contribution >= 0.6 is 11.3 Å². The maximum Gasteiger partial charge on any atom is 0.405 e. The molecule has 2 N–H and O–H groups in total. The molecule has 0 unspecified atom stereocenters. The Morgan fingerprint density at radius 1 is 1.29 bits per heavy atom. The highest BCUT2D eigenvalue weighted by molar-refractivity contribution is 7.93. The minimum absolute atomic E-state index is 0.0261. The van der Waals surface area contributed by atoms with Crippen LogP contribution in [0.3, 0.4) is 0 Å². The summed E-state index contributed by atoms with van der Waals surface area (Å²) in [7, 11) is -2.38. The number of thiazole rings is 1. The van der Waals surface area contributed by atoms with Crippen LogP contribution in [0, 0.1) is 0 Å². The van der Waals surface area contributed by atoms with E-state index in [1.807, 2.05) is 13.1 Å². The molecule has 2 heterocycles. The SMILES string of the molecule is CCn1cc(-c2cc(OC)cc(S(=O)(=O)c3cnc(CNC(=O)O)s3)c2)cn1. The summed E-state index contributed by atoms with van der Waals surface area (Å²) >= 11 is 0.917. The average molecular weight is 422 g/mol. The number of aromatic nitrogens is 3. The highest BCUT2D eigenvalue weighted by Crippen LogP contribution is 2.32. The summed E-state index contributed by atoms with van der Waals surface area (Å²) in [6.45, 7) is 2.59. The Labute approximate surface area is 165 Å². The van der Waals surface area contributed by atoms with Crippen LogP contribution in [0.1, 0.15) is 11.9 Å². The van der Waals surface area contributed by atoms with Crippen molar-refractivity contribution in [3.63, 3.8) is 0 Å². The first kappa shape index (κ1) is 19.8. The maximum atomic E-state index is 13.1. The van der Waals surface area contributed by atoms with Gasteiger partial charge in [-0.05, 0) is 30.7 Å². The van der Waals surface area contributed by atoms with Crippen molar-refractivity contribution in [3.05, 3.63) is 41.8 Å². The fourth-order valence-electron chi connectivity index (χ4n) is 2.46. The highest BCUT2D eigenvalue weighted by Gasteiger charge is 2.23. The van der Waals surface area contributed by atoms with Crippen LogP contribution in [0.25, 0.3) is 11.1 Å². The molecule has 3 rings (SSSR count). The third-order valence-corrected chi connectivity index (χ3v) is 7.10. The normalized spacial score (nSPS) is 11.4. The van der Waals surface area contributed by atoms with Crippen LogP contribution < -0.4 is 10.1 Å². The average Bonchev–Trinajstić information content (AvgIpc) is 3.35. The molecule has 0 atom stereocenters. The molecule has 3 aromatic rings. The van der Waals surface area contributed by atoms with Crippen molar-refractivity contribution in [2.24, 2.45) is 0 Å². The molecule has 0 aliphatic rings. The summed E-state index contributed by atoms with van der Waals surface area (Å²) in [5.74, 6) is 0.401. The number of aryl methyl sites for hydroxylation is 1. The second kappa shape index (κ2) is 7.98. The summed E-state index contributed by atoms with van der Waals surface area (Å²) in [5, 5.41) is 15.4. The van der Waals surface area contributed by atoms with E-state index in [0.29, 0.717) is 22.9 Å². The van der Waals surface area contributed by atoms with Gasteiger partial charge in [0, 0.05) is 18.3 Å². The summed E-state index contributed by atoms with van der Waals surface area (Å²) in [6.07, 6.45) is 3.52. The standard InChI is InChI=1S/C17H18N4O5S2/c1-3-21-10-12(7-20-21)11-4-13(26-2)6-14(5-11)28(24,25)16-9-18-15(27-16)8-19-17(22)23/h4-7,9-10,19H,3,8H2,1-2H3,(H,22,23). The number of carboxylic acid groups (broad SMARTS) is 1. The van der Waals surface area contributed by atoms with Gasteiger partial charge in [0.1, 0.15) is 15.0 Å². The molecule has 0 saturated heterocycles. The molecule has 1 aromatic carbocycles. The molecule has 148 valence electrons. The van der Waals surface area contributed by atoms with Crippen molar-refractivity contribution < 1.29 is 23.1 Å². The maximum absolute atomic E-state index is 13.1. The van der Waals surface area contributed by atoms with E-state index in [0.717, 1.165) is 16.9 Å². The number of rotatable bonds is 7. The molecule has 0 bridgehead atoms. The summed E-state index contributed by atoms with van der Waals surface area (Å²) < 4.78 is 33.2. The highest BCUT2D eigenvalue weighted by atomic mass is 32.2. The van der Waals surface area contributed by atoms with Gasteiger partial charge >= 0.3 is 6.09 Å². The van der Waals surface area contributed by atoms with Gasteiger partial charge in [0.2, 0.25) is 9.84 Å². The van der Waals surface area contributed by atoms with Crippen LogP contribution in [0.5, 0.6) is 5.75 Å². The lowest BCUT2D eigenvalue weighted by molar-refractivity contribution is 0.194. The van der Waals surface area contributed by atoms with Crippen molar-refractivity contribution in [2.45, 2.75) is 29.1 Å². The molecule has 0 saturated carbocycles. The predicted molar refractivity (Wildman–Crippen MR) is 102 cm³/mol. The van der Waals surface area contributed by atoms with Crippen LogP contribution in [0.15, 0.2) is 45.9 Å². The first-order valence-corrected chi connectivity index (χ1v) is 10.5. The molecule has 0 fully saturated rings. The van der Waals surface area contributed by atoms with E-state index in [1.165, 1.54) is 19.4 Å². The number of sulfone groups is 1. The van der Waals surface area contributed by atoms with Crippen LogP contribution in [-0.4, -0.2) is 41.5 Å². The van der Waals surface area contributed by atoms with E-state index in [9.17, 15) is 13.2 Å². The van der Waals surface area contributed by atoms with Crippen LogP contribution in [0.4, 0.5) is 4.79 Å². The van der Waals surface area contributed by atoms with Gasteiger partial charge in [0.15, 0.2) is 0 Å². The van der Waals surface area contributed by atoms with E-state index >= 15 is 0 Å². The monoisotopic (exact) mass is 422 g/mol. The molecule has 28 heavy (non-hydrogen) atoms. The number of benzene rings is 1. The molecule has 0 radical (unpaired) electrons. The fraction of sp³-hybridized carbons (Fsp3) is 0.235. The van der Waals surface area contributed by atoms with Gasteiger partial charge in [-0.15, -0.1) is 11.3 Å². The van der Waals surface area contributed by atoms with Crippen molar-refractivity contribution in [1.82, 2.24) is 20.1 Å². The van der Waals surface area contributed by atoms with Crippen molar-refractivity contribution in [2.75, 3.05) is 7.11 Å². The Morgan fingerprint density at radius 3 is 2.71 bits per heavy atom. The molecule has 11 heteroatoms. The number of hydrogen-bond donors (Lipinski definition) is 2. The van der Waals surface area contributed by atoms with Crippen molar-refractivity contribution >= 4 is 27.3 Å². The lowest BCUT2D eigenvalue weighted by Crippen LogP contribution is -2.19. The zero-order chi connectivity index (χ0) is 20.3. The number of nitrogens with one attached hydrogen (secondary N) is 1. The summed E-state index contributed by atoms with van der Waals surface area (Å²) in [5.41, 5.74) is 1.43. The first-order chi connectivity index (χ1) is 13.3. The Bertz CT molecular complexity index is 1100. The van der Waals surface area contributed by atoms with Gasteiger partial charge in [-0.3, -0.25) is 4.68 Å². The minimum Gasteiger partial charge on any atom is -0.497 e. The number of carbonyl (C=O) groups is 1. The molecule has 2 aromatic heterocycles. The van der Waals surface area contributed by atoms with E-state index in [4.69, 9.17) is 9.84 Å². The number of ether oxygens (including phenoxy) is 1. The van der Waals surface area contributed by atoms with Gasteiger partial charge in [-0.1, -0.05) is 0 Å². The Kier molecular flexibility index (Phi) is 5.66. The molecule has 0 aliphatic carbocycles. The van der Waals surface area contributed by atoms with E-state index in [1.54, 1.807) is 23.0 Å². The fourth-order valence-corrected chi connectivity index (χ4v) is 5.04. The molecule has 0 spiro atoms. The Balaban J connectivity index is 1.99. The lowest BCUT2D eigenvalue weighted by atomic mass is 10.1. The zero-order valence-electron chi connectivity index (χ0n) is 15.1. The van der Waals surface area contributed by atoms with Crippen molar-refractivity contribution in [3.8, 4) is 16.9 Å². The van der Waals surface area contributed by atoms with Crippen LogP contribution in [0.2, 0.25) is 0 Å². The zero-order valence-corrected chi connectivity index (χ0v) is 16.7. The molecule has 9 nitrogen and oxygen atoms in total. The topological polar surface area (TPSA) is 123 Å². The molecule has 1 amide bonds. The Hall–Kier alpha value is -2.92. The smallest absolute Gasteiger partial charge is 0.405 e. The van der Waals surface area contributed by atoms with Gasteiger partial charge in [-0.2, -0.15) is 5.10 Å². The molecular formula is C17H18N4O5S2. The number of amides is 1. The van der Waals surface area contributed by atoms with Crippen molar-refractivity contribution in [1.29, 1.82) is 0 Å². The van der Waals surface area contributed by atoms with Gasteiger partial charge in [0.05, 0.1) is 30.9 Å². The number of nitrogens with zero attached hydrogens (tertiary/aromatic N) is 3. The van der Waals surface area contributed by atoms with E-state index in [-0.39, 0.29) is 15.6 Å². The summed E-state index contributed by atoms with van der Waals surface area (Å²) in [4.78, 5) is 14.6. The van der Waals surface area contributed by atoms with Gasteiger partial charge < -0.3 is 15.2 Å². The minimum atomic E-state index is -3.84. The third-order valence-electron chi connectivity index (χ3n) is 3.90. The number of hydrogen-bond acceptors (Lipinski definition) is 7. The predicted octanol–water partition coefficient (Wildman–Crippen LogP) is 2.64. The third kappa shape index (κ3) is 4.15. The largest absolute Gasteiger partial charge is 0.497 e. The van der Waals surface area contributed by atoms with Crippen LogP contribution in [-0.2, 0) is 22.9 Å². The molecule has 0 aliphatic heterocycles. The van der Waals surface area contributed by atoms with Gasteiger partial charge in [-0.25, -0.2) is 18.2 Å². The molecular weight excluding hydrogens is 404 g/mol. The van der Waals surface area contributed by atoms with E-state index in [2.05, 4.69) is 15.4 Å². The summed E-state index contributed by atoms with van der Waals surface area (Å²) in [6, 6.07) is 4.74. The quantitative estimate of drug-likeness (QED) is 0.600. The Morgan fingerprint density at radius 2 is 2.07 bits per heavy atom. The second-order valence-electron chi connectivity index (χ2n) is 5.72. The number of methoxy groups -OCH3 is 1. The van der Waals surface area contributed by atoms with E-state index < -0.39 is 15.9 Å². The van der Waals surface area contributed by atoms with Gasteiger partial charge in [0.25, 0.3) is 0 Å².